The van der Waals surface area contributed by atoms with Gasteiger partial charge in [-0.3, -0.25) is 9.36 Å². The zero-order valence-corrected chi connectivity index (χ0v) is 16.7. The number of amides is 1. The summed E-state index contributed by atoms with van der Waals surface area (Å²) in [6.07, 6.45) is 1.36. The summed E-state index contributed by atoms with van der Waals surface area (Å²) in [4.78, 5) is 32.7. The molecule has 1 atom stereocenters. The molecule has 0 spiro atoms. The van der Waals surface area contributed by atoms with E-state index in [1.807, 2.05) is 11.8 Å². The van der Waals surface area contributed by atoms with Crippen molar-refractivity contribution >= 4 is 11.7 Å². The van der Waals surface area contributed by atoms with E-state index in [0.717, 1.165) is 12.2 Å². The number of fused-ring (bicyclic) bond motifs is 3. The Kier molecular flexibility index (Phi) is 5.40. The summed E-state index contributed by atoms with van der Waals surface area (Å²) in [6, 6.07) is 7.71. The SMILES string of the molecule is CCCC(=O)N1CCN2c3cc(OCc4ccc(F)c(C#N)c4)nc(=O)n3CC2C1. The summed E-state index contributed by atoms with van der Waals surface area (Å²) >= 11 is 0. The topological polar surface area (TPSA) is 91.5 Å². The summed E-state index contributed by atoms with van der Waals surface area (Å²) in [5, 5.41) is 8.95. The number of halogens is 1. The van der Waals surface area contributed by atoms with Gasteiger partial charge < -0.3 is 14.5 Å². The van der Waals surface area contributed by atoms with Crippen LogP contribution in [0.4, 0.5) is 10.2 Å². The van der Waals surface area contributed by atoms with E-state index in [4.69, 9.17) is 10.00 Å². The van der Waals surface area contributed by atoms with Gasteiger partial charge in [-0.15, -0.1) is 0 Å². The molecule has 8 nitrogen and oxygen atoms in total. The van der Waals surface area contributed by atoms with Crippen LogP contribution in [-0.4, -0.2) is 46.0 Å². The van der Waals surface area contributed by atoms with Crippen molar-refractivity contribution in [2.75, 3.05) is 24.5 Å². The predicted molar refractivity (Wildman–Crippen MR) is 107 cm³/mol. The van der Waals surface area contributed by atoms with Crippen LogP contribution in [0.2, 0.25) is 0 Å². The van der Waals surface area contributed by atoms with E-state index in [1.165, 1.54) is 18.2 Å². The largest absolute Gasteiger partial charge is 0.473 e. The van der Waals surface area contributed by atoms with Crippen LogP contribution in [0.15, 0.2) is 29.1 Å². The Labute approximate surface area is 173 Å². The van der Waals surface area contributed by atoms with Crippen molar-refractivity contribution in [3.8, 4) is 11.9 Å². The van der Waals surface area contributed by atoms with Crippen LogP contribution in [-0.2, 0) is 17.9 Å². The second-order valence-electron chi connectivity index (χ2n) is 7.50. The molecule has 1 amide bonds. The average Bonchev–Trinajstić information content (AvgIpc) is 3.12. The van der Waals surface area contributed by atoms with Crippen molar-refractivity contribution in [3.63, 3.8) is 0 Å². The van der Waals surface area contributed by atoms with Gasteiger partial charge in [-0.1, -0.05) is 13.0 Å². The van der Waals surface area contributed by atoms with Gasteiger partial charge in [0.15, 0.2) is 0 Å². The average molecular weight is 411 g/mol. The molecule has 1 fully saturated rings. The minimum Gasteiger partial charge on any atom is -0.473 e. The Hall–Kier alpha value is -3.41. The molecule has 1 aromatic carbocycles. The molecule has 0 N–H and O–H groups in total. The molecule has 0 radical (unpaired) electrons. The highest BCUT2D eigenvalue weighted by Gasteiger charge is 2.36. The van der Waals surface area contributed by atoms with Gasteiger partial charge in [-0.05, 0) is 24.1 Å². The first kappa shape index (κ1) is 19.9. The summed E-state index contributed by atoms with van der Waals surface area (Å²) in [6.45, 7) is 4.39. The number of anilines is 1. The Balaban J connectivity index is 1.49. The van der Waals surface area contributed by atoms with Crippen molar-refractivity contribution in [2.45, 2.75) is 39.0 Å². The Morgan fingerprint density at radius 2 is 2.17 bits per heavy atom. The van der Waals surface area contributed by atoms with Crippen LogP contribution >= 0.6 is 0 Å². The molecular weight excluding hydrogens is 389 g/mol. The van der Waals surface area contributed by atoms with Crippen LogP contribution in [0.25, 0.3) is 0 Å². The fraction of sp³-hybridized carbons (Fsp3) is 0.429. The van der Waals surface area contributed by atoms with Crippen molar-refractivity contribution < 1.29 is 13.9 Å². The lowest BCUT2D eigenvalue weighted by Gasteiger charge is -2.38. The van der Waals surface area contributed by atoms with E-state index < -0.39 is 11.5 Å². The first-order chi connectivity index (χ1) is 14.5. The van der Waals surface area contributed by atoms with Gasteiger partial charge in [-0.2, -0.15) is 10.2 Å². The maximum Gasteiger partial charge on any atom is 0.352 e. The first-order valence-corrected chi connectivity index (χ1v) is 9.97. The van der Waals surface area contributed by atoms with Crippen LogP contribution in [0.1, 0.15) is 30.9 Å². The fourth-order valence-electron chi connectivity index (χ4n) is 3.98. The lowest BCUT2D eigenvalue weighted by Crippen LogP contribution is -2.53. The zero-order valence-electron chi connectivity index (χ0n) is 16.7. The van der Waals surface area contributed by atoms with Crippen LogP contribution < -0.4 is 15.3 Å². The number of piperazine rings is 1. The lowest BCUT2D eigenvalue weighted by atomic mass is 10.1. The fourth-order valence-corrected chi connectivity index (χ4v) is 3.98. The van der Waals surface area contributed by atoms with Crippen molar-refractivity contribution in [3.05, 3.63) is 51.7 Å². The molecule has 0 saturated carbocycles. The molecule has 3 heterocycles. The molecule has 4 rings (SSSR count). The van der Waals surface area contributed by atoms with E-state index in [1.54, 1.807) is 16.7 Å². The number of nitrogens with zero attached hydrogens (tertiary/aromatic N) is 5. The molecule has 0 bridgehead atoms. The molecule has 2 aliphatic heterocycles. The van der Waals surface area contributed by atoms with E-state index >= 15 is 0 Å². The molecule has 1 saturated heterocycles. The summed E-state index contributed by atoms with van der Waals surface area (Å²) in [5.74, 6) is 0.477. The van der Waals surface area contributed by atoms with E-state index in [9.17, 15) is 14.0 Å². The van der Waals surface area contributed by atoms with Gasteiger partial charge in [0, 0.05) is 32.1 Å². The molecule has 1 unspecified atom stereocenters. The number of nitriles is 1. The van der Waals surface area contributed by atoms with Crippen molar-refractivity contribution in [1.82, 2.24) is 14.5 Å². The van der Waals surface area contributed by atoms with E-state index in [0.29, 0.717) is 38.2 Å². The number of benzene rings is 1. The molecule has 156 valence electrons. The normalized spacial score (nSPS) is 17.3. The second kappa shape index (κ2) is 8.14. The van der Waals surface area contributed by atoms with Gasteiger partial charge in [-0.25, -0.2) is 9.18 Å². The highest BCUT2D eigenvalue weighted by molar-refractivity contribution is 5.76. The molecular formula is C21H22FN5O3. The van der Waals surface area contributed by atoms with Gasteiger partial charge in [0.2, 0.25) is 11.8 Å². The number of carbonyl (C=O) groups excluding carboxylic acids is 1. The summed E-state index contributed by atoms with van der Waals surface area (Å²) < 4.78 is 20.7. The van der Waals surface area contributed by atoms with Crippen LogP contribution in [0.3, 0.4) is 0 Å². The number of carbonyl (C=O) groups is 1. The van der Waals surface area contributed by atoms with Gasteiger partial charge in [0.25, 0.3) is 0 Å². The van der Waals surface area contributed by atoms with Gasteiger partial charge in [0.05, 0.1) is 18.2 Å². The summed E-state index contributed by atoms with van der Waals surface area (Å²) in [7, 11) is 0. The monoisotopic (exact) mass is 411 g/mol. The number of rotatable bonds is 5. The third-order valence-corrected chi connectivity index (χ3v) is 5.49. The number of aromatic nitrogens is 2. The summed E-state index contributed by atoms with van der Waals surface area (Å²) in [5.41, 5.74) is 0.146. The van der Waals surface area contributed by atoms with Gasteiger partial charge >= 0.3 is 5.69 Å². The molecule has 2 aliphatic rings. The minimum absolute atomic E-state index is 0.0413. The van der Waals surface area contributed by atoms with E-state index in [-0.39, 0.29) is 30.0 Å². The Morgan fingerprint density at radius 3 is 2.93 bits per heavy atom. The zero-order chi connectivity index (χ0) is 21.3. The minimum atomic E-state index is -0.585. The van der Waals surface area contributed by atoms with E-state index in [2.05, 4.69) is 9.88 Å². The third kappa shape index (κ3) is 3.73. The Morgan fingerprint density at radius 1 is 1.33 bits per heavy atom. The third-order valence-electron chi connectivity index (χ3n) is 5.49. The second-order valence-corrected chi connectivity index (χ2v) is 7.50. The molecule has 30 heavy (non-hydrogen) atoms. The molecule has 9 heteroatoms. The highest BCUT2D eigenvalue weighted by Crippen LogP contribution is 2.29. The molecule has 2 aromatic rings. The van der Waals surface area contributed by atoms with Crippen molar-refractivity contribution in [2.24, 2.45) is 0 Å². The smallest absolute Gasteiger partial charge is 0.352 e. The molecule has 0 aliphatic carbocycles. The van der Waals surface area contributed by atoms with Gasteiger partial charge in [0.1, 0.15) is 24.3 Å². The lowest BCUT2D eigenvalue weighted by molar-refractivity contribution is -0.132. The quantitative estimate of drug-likeness (QED) is 0.743. The molecule has 1 aromatic heterocycles. The van der Waals surface area contributed by atoms with Crippen LogP contribution in [0, 0.1) is 17.1 Å². The predicted octanol–water partition coefficient (Wildman–Crippen LogP) is 1.66. The number of hydrogen-bond acceptors (Lipinski definition) is 6. The standard InChI is InChI=1S/C21H22FN5O3/c1-2-3-20(28)25-6-7-26-16(11-25)12-27-19(26)9-18(24-21(27)29)30-13-14-4-5-17(22)15(8-14)10-23/h4-5,8-9,16H,2-3,6-7,11-13H2,1H3. The van der Waals surface area contributed by atoms with Crippen molar-refractivity contribution in [1.29, 1.82) is 5.26 Å². The Bertz CT molecular complexity index is 1080. The number of ether oxygens (including phenoxy) is 1. The van der Waals surface area contributed by atoms with Crippen LogP contribution in [0.5, 0.6) is 5.88 Å². The first-order valence-electron chi connectivity index (χ1n) is 9.97. The maximum absolute atomic E-state index is 13.5. The maximum atomic E-state index is 13.5. The number of hydrogen-bond donors (Lipinski definition) is 0. The highest BCUT2D eigenvalue weighted by atomic mass is 19.1.